The monoisotopic (exact) mass is 254 g/mol. The van der Waals surface area contributed by atoms with Crippen LogP contribution in [0.25, 0.3) is 0 Å². The molecule has 0 aromatic carbocycles. The van der Waals surface area contributed by atoms with Gasteiger partial charge >= 0.3 is 12.0 Å². The summed E-state index contributed by atoms with van der Waals surface area (Å²) in [5.74, 6) is -1.75. The quantitative estimate of drug-likeness (QED) is 0.578. The van der Waals surface area contributed by atoms with Crippen LogP contribution in [0, 0.1) is 0 Å². The van der Waals surface area contributed by atoms with Gasteiger partial charge in [0, 0.05) is 25.1 Å². The van der Waals surface area contributed by atoms with Crippen molar-refractivity contribution in [3.63, 3.8) is 0 Å². The highest BCUT2D eigenvalue weighted by atomic mass is 16.5. The maximum absolute atomic E-state index is 11.1. The van der Waals surface area contributed by atoms with E-state index < -0.39 is 17.9 Å². The van der Waals surface area contributed by atoms with E-state index in [9.17, 15) is 14.4 Å². The normalized spacial score (nSPS) is 10.2. The van der Waals surface area contributed by atoms with Crippen molar-refractivity contribution >= 4 is 17.9 Å². The summed E-state index contributed by atoms with van der Waals surface area (Å²) in [6, 6.07) is -0.741. The molecule has 0 saturated heterocycles. The average Bonchev–Trinajstić information content (AvgIpc) is 2.79. The van der Waals surface area contributed by atoms with Crippen LogP contribution in [0.4, 0.5) is 4.79 Å². The Hall–Kier alpha value is -2.71. The molecule has 0 unspecified atom stereocenters. The van der Waals surface area contributed by atoms with Crippen molar-refractivity contribution in [3.05, 3.63) is 24.4 Å². The zero-order chi connectivity index (χ0) is 13.4. The number of nitrogens with one attached hydrogen (secondary N) is 2. The number of urea groups is 1. The smallest absolute Gasteiger partial charge is 0.328 e. The molecule has 1 aromatic rings. The van der Waals surface area contributed by atoms with Crippen LogP contribution in [0.3, 0.4) is 0 Å². The predicted molar refractivity (Wildman–Crippen MR) is 56.3 cm³/mol. The molecule has 0 radical (unpaired) electrons. The van der Waals surface area contributed by atoms with Crippen molar-refractivity contribution in [3.8, 4) is 0 Å². The molecule has 9 heteroatoms. The van der Waals surface area contributed by atoms with Crippen LogP contribution in [-0.2, 0) is 16.0 Å². The minimum atomic E-state index is -1.28. The maximum atomic E-state index is 11.1. The first-order valence-electron chi connectivity index (χ1n) is 4.83. The Morgan fingerprint density at radius 3 is 2.78 bits per heavy atom. The molecule has 3 amide bonds. The number of carbonyl (C=O) groups is 3. The van der Waals surface area contributed by atoms with Gasteiger partial charge < -0.3 is 14.9 Å². The molecule has 0 spiro atoms. The molecule has 0 aliphatic rings. The van der Waals surface area contributed by atoms with Crippen LogP contribution in [-0.4, -0.2) is 39.7 Å². The lowest BCUT2D eigenvalue weighted by Crippen LogP contribution is -2.39. The minimum absolute atomic E-state index is 0.198. The van der Waals surface area contributed by atoms with E-state index in [0.717, 1.165) is 6.08 Å². The fourth-order valence-corrected chi connectivity index (χ4v) is 0.934. The number of nitrogens with zero attached hydrogens (tertiary/aromatic N) is 2. The lowest BCUT2D eigenvalue weighted by atomic mass is 10.4. The van der Waals surface area contributed by atoms with Gasteiger partial charge in [0.2, 0.25) is 5.89 Å². The van der Waals surface area contributed by atoms with E-state index in [-0.39, 0.29) is 6.54 Å². The molecule has 0 aliphatic heterocycles. The molecule has 0 aliphatic carbocycles. The third-order valence-electron chi connectivity index (χ3n) is 1.65. The first-order valence-corrected chi connectivity index (χ1v) is 4.83. The molecule has 1 rings (SSSR count). The Morgan fingerprint density at radius 1 is 1.39 bits per heavy atom. The van der Waals surface area contributed by atoms with Crippen molar-refractivity contribution in [2.45, 2.75) is 6.42 Å². The predicted octanol–water partition coefficient (Wildman–Crippen LogP) is -0.921. The highest BCUT2D eigenvalue weighted by molar-refractivity contribution is 6.02. The summed E-state index contributed by atoms with van der Waals surface area (Å²) in [4.78, 5) is 36.0. The standard InChI is InChI=1S/C9H10N4O5/c14-6(1-2-8(15)16)13-9(17)10-4-3-7-11-5-12-18-7/h1-2,5H,3-4H2,(H,15,16)(H2,10,13,14,17)/b2-1+. The lowest BCUT2D eigenvalue weighted by molar-refractivity contribution is -0.131. The molecule has 3 N–H and O–H groups in total. The minimum Gasteiger partial charge on any atom is -0.478 e. The van der Waals surface area contributed by atoms with Crippen LogP contribution in [0.15, 0.2) is 23.0 Å². The van der Waals surface area contributed by atoms with Gasteiger partial charge in [-0.3, -0.25) is 10.1 Å². The van der Waals surface area contributed by atoms with Crippen molar-refractivity contribution in [1.82, 2.24) is 20.8 Å². The van der Waals surface area contributed by atoms with Gasteiger partial charge in [0.25, 0.3) is 5.91 Å². The number of carbonyl (C=O) groups excluding carboxylic acids is 2. The molecule has 1 aromatic heterocycles. The van der Waals surface area contributed by atoms with Gasteiger partial charge in [-0.2, -0.15) is 4.98 Å². The van der Waals surface area contributed by atoms with Gasteiger partial charge in [-0.25, -0.2) is 9.59 Å². The fraction of sp³-hybridized carbons (Fsp3) is 0.222. The van der Waals surface area contributed by atoms with Gasteiger partial charge in [-0.1, -0.05) is 5.16 Å². The number of carboxylic acids is 1. The van der Waals surface area contributed by atoms with Gasteiger partial charge in [0.05, 0.1) is 0 Å². The van der Waals surface area contributed by atoms with Crippen LogP contribution < -0.4 is 10.6 Å². The molecular weight excluding hydrogens is 244 g/mol. The summed E-state index contributed by atoms with van der Waals surface area (Å²) in [7, 11) is 0. The summed E-state index contributed by atoms with van der Waals surface area (Å²) in [5, 5.41) is 15.9. The Labute approximate surface area is 101 Å². The third kappa shape index (κ3) is 5.39. The van der Waals surface area contributed by atoms with Gasteiger partial charge in [0.15, 0.2) is 6.33 Å². The third-order valence-corrected chi connectivity index (χ3v) is 1.65. The highest BCUT2D eigenvalue weighted by Gasteiger charge is 2.05. The Morgan fingerprint density at radius 2 is 2.17 bits per heavy atom. The van der Waals surface area contributed by atoms with Gasteiger partial charge in [-0.05, 0) is 0 Å². The van der Waals surface area contributed by atoms with Crippen molar-refractivity contribution in [2.75, 3.05) is 6.54 Å². The molecule has 0 bridgehead atoms. The molecule has 0 saturated carbocycles. The number of carboxylic acid groups (broad SMARTS) is 1. The molecule has 18 heavy (non-hydrogen) atoms. The van der Waals surface area contributed by atoms with Crippen molar-refractivity contribution < 1.29 is 24.0 Å². The zero-order valence-corrected chi connectivity index (χ0v) is 9.12. The Kier molecular flexibility index (Phi) is 5.03. The van der Waals surface area contributed by atoms with E-state index in [1.807, 2.05) is 5.32 Å². The Bertz CT molecular complexity index is 454. The van der Waals surface area contributed by atoms with E-state index >= 15 is 0 Å². The van der Waals surface area contributed by atoms with Crippen LogP contribution in [0.5, 0.6) is 0 Å². The molecule has 9 nitrogen and oxygen atoms in total. The summed E-state index contributed by atoms with van der Waals surface area (Å²) < 4.78 is 4.69. The van der Waals surface area contributed by atoms with Crippen molar-refractivity contribution in [1.29, 1.82) is 0 Å². The van der Waals surface area contributed by atoms with E-state index in [1.54, 1.807) is 0 Å². The Balaban J connectivity index is 2.21. The summed E-state index contributed by atoms with van der Waals surface area (Å²) >= 11 is 0. The van der Waals surface area contributed by atoms with Crippen LogP contribution >= 0.6 is 0 Å². The fourth-order valence-electron chi connectivity index (χ4n) is 0.934. The zero-order valence-electron chi connectivity index (χ0n) is 9.12. The topological polar surface area (TPSA) is 134 Å². The van der Waals surface area contributed by atoms with E-state index in [1.165, 1.54) is 6.33 Å². The largest absolute Gasteiger partial charge is 0.478 e. The second-order valence-corrected chi connectivity index (χ2v) is 3.00. The van der Waals surface area contributed by atoms with Gasteiger partial charge in [0.1, 0.15) is 0 Å². The number of hydrogen-bond donors (Lipinski definition) is 3. The summed E-state index contributed by atoms with van der Waals surface area (Å²) in [5.41, 5.74) is 0. The number of imide groups is 1. The number of aromatic nitrogens is 2. The molecule has 96 valence electrons. The number of amides is 3. The first-order chi connectivity index (χ1) is 8.58. The highest BCUT2D eigenvalue weighted by Crippen LogP contribution is 1.90. The maximum Gasteiger partial charge on any atom is 0.328 e. The molecular formula is C9H10N4O5. The number of rotatable bonds is 5. The van der Waals surface area contributed by atoms with E-state index in [4.69, 9.17) is 5.11 Å². The number of aliphatic carboxylic acids is 1. The first kappa shape index (κ1) is 13.4. The van der Waals surface area contributed by atoms with Gasteiger partial charge in [-0.15, -0.1) is 0 Å². The summed E-state index contributed by atoms with van der Waals surface area (Å²) in [6.07, 6.45) is 2.92. The van der Waals surface area contributed by atoms with E-state index in [0.29, 0.717) is 18.4 Å². The molecule has 0 atom stereocenters. The van der Waals surface area contributed by atoms with Crippen LogP contribution in [0.1, 0.15) is 5.89 Å². The molecule has 0 fully saturated rings. The average molecular weight is 254 g/mol. The SMILES string of the molecule is O=C(O)/C=C/C(=O)NC(=O)NCCc1ncno1. The summed E-state index contributed by atoms with van der Waals surface area (Å²) in [6.45, 7) is 0.198. The van der Waals surface area contributed by atoms with E-state index in [2.05, 4.69) is 20.0 Å². The molecule has 1 heterocycles. The van der Waals surface area contributed by atoms with Crippen LogP contribution in [0.2, 0.25) is 0 Å². The second-order valence-electron chi connectivity index (χ2n) is 3.00. The second kappa shape index (κ2) is 6.78. The lowest BCUT2D eigenvalue weighted by Gasteiger charge is -2.02. The number of hydrogen-bond acceptors (Lipinski definition) is 6. The van der Waals surface area contributed by atoms with Crippen molar-refractivity contribution in [2.24, 2.45) is 0 Å².